The maximum Gasteiger partial charge on any atom is 0.237 e. The van der Waals surface area contributed by atoms with E-state index in [2.05, 4.69) is 25.9 Å². The molecule has 1 aliphatic rings. The van der Waals surface area contributed by atoms with Gasteiger partial charge in [0.15, 0.2) is 17.3 Å². The summed E-state index contributed by atoms with van der Waals surface area (Å²) in [6.45, 7) is 0.655. The van der Waals surface area contributed by atoms with E-state index in [9.17, 15) is 9.18 Å². The van der Waals surface area contributed by atoms with Crippen molar-refractivity contribution >= 4 is 39.9 Å². The highest BCUT2D eigenvalue weighted by molar-refractivity contribution is 6.31. The van der Waals surface area contributed by atoms with E-state index in [0.717, 1.165) is 6.42 Å². The summed E-state index contributed by atoms with van der Waals surface area (Å²) in [5.74, 6) is 0.753. The van der Waals surface area contributed by atoms with Crippen molar-refractivity contribution in [1.29, 1.82) is 0 Å². The third-order valence-electron chi connectivity index (χ3n) is 5.34. The number of nitrogens with zero attached hydrogens (tertiary/aromatic N) is 2. The Bertz CT molecular complexity index is 1150. The average molecular weight is 460 g/mol. The topological polar surface area (TPSA) is 97.4 Å². The van der Waals surface area contributed by atoms with Gasteiger partial charge in [-0.05, 0) is 31.2 Å². The lowest BCUT2D eigenvalue weighted by molar-refractivity contribution is -0.123. The van der Waals surface area contributed by atoms with Gasteiger partial charge in [0.25, 0.3) is 0 Å². The van der Waals surface area contributed by atoms with Gasteiger partial charge in [0.1, 0.15) is 18.2 Å². The van der Waals surface area contributed by atoms with Crippen molar-refractivity contribution < 1.29 is 18.7 Å². The van der Waals surface area contributed by atoms with Crippen LogP contribution in [0.3, 0.4) is 0 Å². The monoisotopic (exact) mass is 459 g/mol. The van der Waals surface area contributed by atoms with Crippen LogP contribution in [0.5, 0.6) is 11.5 Å². The Hall–Kier alpha value is -3.17. The van der Waals surface area contributed by atoms with Gasteiger partial charge in [0.2, 0.25) is 5.91 Å². The summed E-state index contributed by atoms with van der Waals surface area (Å²) >= 11 is 5.90. The highest BCUT2D eigenvalue weighted by atomic mass is 35.5. The molecule has 4 rings (SSSR count). The van der Waals surface area contributed by atoms with Crippen molar-refractivity contribution in [3.8, 4) is 11.5 Å². The zero-order chi connectivity index (χ0) is 22.7. The first kappa shape index (κ1) is 22.0. The summed E-state index contributed by atoms with van der Waals surface area (Å²) in [5.41, 5.74) is 0.797. The molecule has 8 nitrogen and oxygen atoms in total. The average Bonchev–Trinajstić information content (AvgIpc) is 2.81. The first-order valence-corrected chi connectivity index (χ1v) is 10.5. The van der Waals surface area contributed by atoms with Gasteiger partial charge in [-0.3, -0.25) is 4.79 Å². The van der Waals surface area contributed by atoms with Gasteiger partial charge in [-0.2, -0.15) is 0 Å². The maximum absolute atomic E-state index is 14.4. The normalized spacial score (nSPS) is 18.2. The highest BCUT2D eigenvalue weighted by Gasteiger charge is 2.28. The van der Waals surface area contributed by atoms with E-state index < -0.39 is 5.82 Å². The molecule has 1 fully saturated rings. The Morgan fingerprint density at radius 3 is 2.91 bits per heavy atom. The van der Waals surface area contributed by atoms with Crippen molar-refractivity contribution in [2.45, 2.75) is 25.0 Å². The fourth-order valence-corrected chi connectivity index (χ4v) is 3.86. The third kappa shape index (κ3) is 4.53. The number of aromatic nitrogens is 2. The molecule has 3 aromatic rings. The number of nitrogens with one attached hydrogen (secondary N) is 3. The lowest BCUT2D eigenvalue weighted by Gasteiger charge is -2.30. The second kappa shape index (κ2) is 9.54. The minimum Gasteiger partial charge on any atom is -0.493 e. The van der Waals surface area contributed by atoms with Gasteiger partial charge < -0.3 is 25.4 Å². The number of methoxy groups -OCH3 is 1. The van der Waals surface area contributed by atoms with Crippen LogP contribution in [0, 0.1) is 5.82 Å². The van der Waals surface area contributed by atoms with Crippen molar-refractivity contribution in [2.24, 2.45) is 0 Å². The smallest absolute Gasteiger partial charge is 0.237 e. The van der Waals surface area contributed by atoms with Crippen molar-refractivity contribution in [3.63, 3.8) is 0 Å². The van der Waals surface area contributed by atoms with E-state index in [1.165, 1.54) is 12.4 Å². The molecule has 0 bridgehead atoms. The molecule has 1 saturated heterocycles. The SMILES string of the molecule is CNC(=O)[C@H]1C[C@H](Oc2cc3c(Nc4cccc(Cl)c4F)ncnc3cc2OC)CCN1. The second-order valence-corrected chi connectivity index (χ2v) is 7.76. The Kier molecular flexibility index (Phi) is 6.57. The number of likely N-dealkylation sites (N-methyl/N-ethyl adjacent to an activating group) is 1. The molecule has 0 radical (unpaired) electrons. The first-order chi connectivity index (χ1) is 15.5. The molecule has 2 heterocycles. The fraction of sp³-hybridized carbons (Fsp3) is 0.318. The quantitative estimate of drug-likeness (QED) is 0.519. The summed E-state index contributed by atoms with van der Waals surface area (Å²) in [6.07, 6.45) is 2.45. The van der Waals surface area contributed by atoms with Crippen LogP contribution in [-0.4, -0.2) is 48.7 Å². The molecule has 0 spiro atoms. The van der Waals surface area contributed by atoms with Crippen molar-refractivity contribution in [2.75, 3.05) is 26.0 Å². The van der Waals surface area contributed by atoms with Gasteiger partial charge in [-0.25, -0.2) is 14.4 Å². The number of hydrogen-bond donors (Lipinski definition) is 3. The maximum atomic E-state index is 14.4. The van der Waals surface area contributed by atoms with Gasteiger partial charge in [0, 0.05) is 24.9 Å². The molecule has 10 heteroatoms. The molecular formula is C22H23ClFN5O3. The highest BCUT2D eigenvalue weighted by Crippen LogP contribution is 2.36. The summed E-state index contributed by atoms with van der Waals surface area (Å²) in [7, 11) is 3.16. The van der Waals surface area contributed by atoms with Crippen LogP contribution in [0.25, 0.3) is 10.9 Å². The van der Waals surface area contributed by atoms with Gasteiger partial charge >= 0.3 is 0 Å². The van der Waals surface area contributed by atoms with E-state index in [1.54, 1.807) is 38.4 Å². The number of halogens is 2. The Balaban J connectivity index is 1.66. The molecule has 2 atom stereocenters. The number of carbonyl (C=O) groups excluding carboxylic acids is 1. The molecule has 0 saturated carbocycles. The number of piperidine rings is 1. The lowest BCUT2D eigenvalue weighted by Crippen LogP contribution is -2.50. The van der Waals surface area contributed by atoms with Crippen molar-refractivity contribution in [3.05, 3.63) is 47.5 Å². The zero-order valence-electron chi connectivity index (χ0n) is 17.6. The Labute approximate surface area is 189 Å². The summed E-state index contributed by atoms with van der Waals surface area (Å²) in [6, 6.07) is 7.87. The number of carbonyl (C=O) groups is 1. The van der Waals surface area contributed by atoms with E-state index in [1.807, 2.05) is 0 Å². The van der Waals surface area contributed by atoms with E-state index in [-0.39, 0.29) is 28.8 Å². The third-order valence-corrected chi connectivity index (χ3v) is 5.63. The van der Waals surface area contributed by atoms with Crippen LogP contribution >= 0.6 is 11.6 Å². The number of hydrogen-bond acceptors (Lipinski definition) is 7. The standard InChI is InChI=1S/C22H23ClFN5O3/c1-25-22(30)17-8-12(6-7-26-17)32-19-9-13-16(10-18(19)31-2)27-11-28-21(13)29-15-5-3-4-14(23)20(15)24/h3-5,9-12,17,26H,6-8H2,1-2H3,(H,25,30)(H,27,28,29)/t12-,17-/m1/s1. The molecule has 32 heavy (non-hydrogen) atoms. The minimum absolute atomic E-state index is 0.00984. The number of benzene rings is 2. The van der Waals surface area contributed by atoms with E-state index in [0.29, 0.717) is 41.2 Å². The van der Waals surface area contributed by atoms with Crippen LogP contribution < -0.4 is 25.4 Å². The Morgan fingerprint density at radius 1 is 1.28 bits per heavy atom. The number of rotatable bonds is 6. The fourth-order valence-electron chi connectivity index (χ4n) is 3.69. The van der Waals surface area contributed by atoms with Gasteiger partial charge in [-0.15, -0.1) is 0 Å². The van der Waals surface area contributed by atoms with Crippen LogP contribution in [0.2, 0.25) is 5.02 Å². The van der Waals surface area contributed by atoms with E-state index in [4.69, 9.17) is 21.1 Å². The number of fused-ring (bicyclic) bond motifs is 1. The Morgan fingerprint density at radius 2 is 2.12 bits per heavy atom. The number of amides is 1. The molecule has 0 aliphatic carbocycles. The predicted molar refractivity (Wildman–Crippen MR) is 120 cm³/mol. The van der Waals surface area contributed by atoms with Crippen LogP contribution in [0.1, 0.15) is 12.8 Å². The second-order valence-electron chi connectivity index (χ2n) is 7.35. The first-order valence-electron chi connectivity index (χ1n) is 10.2. The van der Waals surface area contributed by atoms with Gasteiger partial charge in [0.05, 0.1) is 29.4 Å². The lowest BCUT2D eigenvalue weighted by atomic mass is 10.0. The molecule has 0 unspecified atom stereocenters. The molecule has 3 N–H and O–H groups in total. The minimum atomic E-state index is -0.569. The number of anilines is 2. The predicted octanol–water partition coefficient (Wildman–Crippen LogP) is 3.42. The summed E-state index contributed by atoms with van der Waals surface area (Å²) in [4.78, 5) is 20.6. The molecular weight excluding hydrogens is 437 g/mol. The van der Waals surface area contributed by atoms with Crippen LogP contribution in [-0.2, 0) is 4.79 Å². The molecule has 1 aliphatic heterocycles. The number of ether oxygens (including phenoxy) is 2. The largest absolute Gasteiger partial charge is 0.493 e. The van der Waals surface area contributed by atoms with Crippen LogP contribution in [0.4, 0.5) is 15.9 Å². The zero-order valence-corrected chi connectivity index (χ0v) is 18.4. The van der Waals surface area contributed by atoms with E-state index >= 15 is 0 Å². The summed E-state index contributed by atoms with van der Waals surface area (Å²) in [5, 5.41) is 9.47. The molecule has 2 aromatic carbocycles. The molecule has 1 amide bonds. The van der Waals surface area contributed by atoms with Gasteiger partial charge in [-0.1, -0.05) is 17.7 Å². The van der Waals surface area contributed by atoms with Crippen LogP contribution in [0.15, 0.2) is 36.7 Å². The summed E-state index contributed by atoms with van der Waals surface area (Å²) < 4.78 is 26.1. The van der Waals surface area contributed by atoms with Crippen molar-refractivity contribution in [1.82, 2.24) is 20.6 Å². The molecule has 168 valence electrons. The molecule has 1 aromatic heterocycles.